The van der Waals surface area contributed by atoms with Crippen molar-refractivity contribution in [3.63, 3.8) is 0 Å². The second kappa shape index (κ2) is 23.1. The molecule has 75 heavy (non-hydrogen) atoms. The largest absolute Gasteiger partial charge is 0.354 e. The van der Waals surface area contributed by atoms with Gasteiger partial charge < -0.3 is 36.8 Å². The number of aliphatic imine (C=N–C) groups is 1. The molecule has 1 unspecified atom stereocenters. The maximum absolute atomic E-state index is 14.3. The number of fused-ring (bicyclic) bond motifs is 4. The van der Waals surface area contributed by atoms with Crippen molar-refractivity contribution in [3.8, 4) is 16.1 Å². The van der Waals surface area contributed by atoms with Gasteiger partial charge >= 0.3 is 0 Å². The Kier molecular flexibility index (Phi) is 16.6. The van der Waals surface area contributed by atoms with Crippen molar-refractivity contribution in [1.29, 1.82) is 0 Å². The summed E-state index contributed by atoms with van der Waals surface area (Å²) in [5.74, 6) is -2.92. The number of aromatic nitrogens is 3. The molecule has 7 amide bonds. The molecule has 394 valence electrons. The first-order valence-corrected chi connectivity index (χ1v) is 26.5. The third-order valence-corrected chi connectivity index (χ3v) is 15.3. The van der Waals surface area contributed by atoms with Crippen molar-refractivity contribution >= 4 is 70.0 Å². The van der Waals surface area contributed by atoms with E-state index in [0.717, 1.165) is 43.3 Å². The van der Waals surface area contributed by atoms with Crippen LogP contribution in [0.15, 0.2) is 83.9 Å². The summed E-state index contributed by atoms with van der Waals surface area (Å²) in [7, 11) is 0. The van der Waals surface area contributed by atoms with Gasteiger partial charge in [0.1, 0.15) is 47.1 Å². The van der Waals surface area contributed by atoms with Gasteiger partial charge in [0, 0.05) is 53.5 Å². The topological polar surface area (TPSA) is 238 Å². The zero-order valence-corrected chi connectivity index (χ0v) is 44.8. The second-order valence-corrected chi connectivity index (χ2v) is 22.1. The smallest absolute Gasteiger partial charge is 0.246 e. The summed E-state index contributed by atoms with van der Waals surface area (Å²) >= 11 is 7.87. The van der Waals surface area contributed by atoms with Crippen molar-refractivity contribution in [2.45, 2.75) is 123 Å². The molecular formula is C55H64ClN11O7S. The van der Waals surface area contributed by atoms with E-state index < -0.39 is 83.0 Å². The third-order valence-electron chi connectivity index (χ3n) is 13.9. The Morgan fingerprint density at radius 2 is 1.47 bits per heavy atom. The normalized spacial score (nSPS) is 22.2. The molecule has 6 N–H and O–H groups in total. The summed E-state index contributed by atoms with van der Waals surface area (Å²) in [5.41, 5.74) is 5.29. The summed E-state index contributed by atoms with van der Waals surface area (Å²) in [6, 6.07) is 18.2. The number of nitrogens with zero attached hydrogens (tertiary/aromatic N) is 5. The maximum atomic E-state index is 14.3. The molecular weight excluding hydrogens is 994 g/mol. The minimum atomic E-state index is -1.35. The fourth-order valence-corrected chi connectivity index (χ4v) is 10.9. The number of rotatable bonds is 8. The minimum Gasteiger partial charge on any atom is -0.354 e. The average molecular weight is 1060 g/mol. The molecule has 0 radical (unpaired) electrons. The highest BCUT2D eigenvalue weighted by Crippen LogP contribution is 2.40. The molecule has 2 saturated heterocycles. The highest BCUT2D eigenvalue weighted by atomic mass is 35.5. The molecule has 3 aromatic carbocycles. The number of carbonyl (C=O) groups excluding carboxylic acids is 7. The summed E-state index contributed by atoms with van der Waals surface area (Å²) in [6.45, 7) is 12.8. The third kappa shape index (κ3) is 12.5. The number of hydrogen-bond acceptors (Lipinski definition) is 11. The van der Waals surface area contributed by atoms with Crippen LogP contribution < -0.4 is 31.9 Å². The molecule has 20 heteroatoms. The van der Waals surface area contributed by atoms with Gasteiger partial charge in [-0.25, -0.2) is 0 Å². The molecule has 5 heterocycles. The summed E-state index contributed by atoms with van der Waals surface area (Å²) < 4.78 is 1.92. The lowest BCUT2D eigenvalue weighted by Gasteiger charge is -2.35. The summed E-state index contributed by atoms with van der Waals surface area (Å²) in [6.07, 6.45) is 0.828. The van der Waals surface area contributed by atoms with Crippen LogP contribution in [0.3, 0.4) is 0 Å². The SMILES string of the molecule is Cc1sc2c(c1C)C(c1ccc(Cl)cc1)=N[C@@H](CC(=O)NC[C@H]1NC(=O)[C@@H](C)NC(=O)[C@@H](Cc3ccc(-c4ccccc4)cc3)NC(=O)[C@@H]3CCCN3C(=O)C(C(C)(C)C)NC(=O)CCCNC1=O)c1nnc(C)n1-2. The number of aryl methyl sites for hydroxylation is 2. The monoisotopic (exact) mass is 1060 g/mol. The highest BCUT2D eigenvalue weighted by Gasteiger charge is 2.43. The van der Waals surface area contributed by atoms with Gasteiger partial charge in [0.25, 0.3) is 0 Å². The lowest BCUT2D eigenvalue weighted by molar-refractivity contribution is -0.144. The first-order chi connectivity index (χ1) is 35.8. The van der Waals surface area contributed by atoms with Gasteiger partial charge in [0.05, 0.1) is 12.1 Å². The van der Waals surface area contributed by atoms with Crippen molar-refractivity contribution in [3.05, 3.63) is 123 Å². The lowest BCUT2D eigenvalue weighted by Crippen LogP contribution is -2.60. The van der Waals surface area contributed by atoms with E-state index in [4.69, 9.17) is 16.6 Å². The second-order valence-electron chi connectivity index (χ2n) is 20.5. The molecule has 2 aromatic heterocycles. The van der Waals surface area contributed by atoms with Gasteiger partial charge in [-0.2, -0.15) is 0 Å². The van der Waals surface area contributed by atoms with E-state index in [1.54, 1.807) is 23.5 Å². The standard InChI is InChI=1S/C55H64ClN11O7S/c1-30-32(3)75-54-45(30)46(37-21-23-38(56)24-22-37)60-39(48-65-64-33(4)67(48)54)28-44(69)58-29-41-50(71)57-25-11-16-43(68)63-47(55(5,6)7)53(74)66-26-12-15-42(66)52(73)61-40(51(72)59-31(2)49(70)62-41)27-34-17-19-36(20-18-34)35-13-9-8-10-14-35/h8-10,13-14,17-24,31,39-42,47H,11-12,15-16,25-29H2,1-7H3,(H,57,71)(H,58,69)(H,59,72)(H,61,73)(H,62,70)(H,63,68)/t31-,39+,40-,41-,42+,47?/m1/s1. The Morgan fingerprint density at radius 1 is 0.787 bits per heavy atom. The van der Waals surface area contributed by atoms with Crippen molar-refractivity contribution < 1.29 is 33.6 Å². The van der Waals surface area contributed by atoms with Gasteiger partial charge in [-0.15, -0.1) is 21.5 Å². The van der Waals surface area contributed by atoms with E-state index in [0.29, 0.717) is 35.2 Å². The van der Waals surface area contributed by atoms with Gasteiger partial charge in [-0.05, 0) is 86.8 Å². The van der Waals surface area contributed by atoms with E-state index in [1.807, 2.05) is 113 Å². The average Bonchev–Trinajstić information content (AvgIpc) is 4.08. The van der Waals surface area contributed by atoms with E-state index in [-0.39, 0.29) is 45.3 Å². The number of hydrogen-bond donors (Lipinski definition) is 6. The van der Waals surface area contributed by atoms with Crippen molar-refractivity contribution in [1.82, 2.24) is 51.6 Å². The maximum Gasteiger partial charge on any atom is 0.246 e. The number of halogens is 1. The Morgan fingerprint density at radius 3 is 2.17 bits per heavy atom. The van der Waals surface area contributed by atoms with E-state index in [1.165, 1.54) is 11.8 Å². The first kappa shape index (κ1) is 54.0. The number of benzene rings is 3. The molecule has 0 spiro atoms. The van der Waals surface area contributed by atoms with Crippen LogP contribution in [0.25, 0.3) is 16.1 Å². The predicted molar refractivity (Wildman–Crippen MR) is 286 cm³/mol. The zero-order valence-electron chi connectivity index (χ0n) is 43.2. The van der Waals surface area contributed by atoms with Crippen LogP contribution in [-0.4, -0.2) is 117 Å². The molecule has 6 atom stereocenters. The van der Waals surface area contributed by atoms with Crippen LogP contribution in [0.2, 0.25) is 5.02 Å². The number of nitrogens with one attached hydrogen (secondary N) is 6. The van der Waals surface area contributed by atoms with Gasteiger partial charge in [0.15, 0.2) is 5.82 Å². The van der Waals surface area contributed by atoms with Crippen molar-refractivity contribution in [2.24, 2.45) is 10.4 Å². The van der Waals surface area contributed by atoms with Crippen LogP contribution in [0, 0.1) is 26.2 Å². The lowest BCUT2D eigenvalue weighted by atomic mass is 9.85. The predicted octanol–water partition coefficient (Wildman–Crippen LogP) is 5.12. The molecule has 3 aliphatic rings. The van der Waals surface area contributed by atoms with Crippen LogP contribution in [-0.2, 0) is 40.0 Å². The van der Waals surface area contributed by atoms with Gasteiger partial charge in [-0.3, -0.25) is 43.1 Å². The Balaban J connectivity index is 1.04. The number of thiophene rings is 1. The molecule has 2 fully saturated rings. The zero-order chi connectivity index (χ0) is 53.7. The number of amides is 7. The summed E-state index contributed by atoms with van der Waals surface area (Å²) in [4.78, 5) is 106. The van der Waals surface area contributed by atoms with E-state index in [9.17, 15) is 33.6 Å². The fraction of sp³-hybridized carbons (Fsp3) is 0.418. The van der Waals surface area contributed by atoms with Gasteiger partial charge in [0.2, 0.25) is 41.4 Å². The minimum absolute atomic E-state index is 0.0116. The quantitative estimate of drug-likeness (QED) is 0.121. The van der Waals surface area contributed by atoms with Gasteiger partial charge in [-0.1, -0.05) is 99.1 Å². The fourth-order valence-electron chi connectivity index (χ4n) is 9.59. The van der Waals surface area contributed by atoms with E-state index in [2.05, 4.69) is 42.1 Å². The number of carbonyl (C=O) groups is 7. The molecule has 0 aliphatic carbocycles. The van der Waals surface area contributed by atoms with Crippen LogP contribution >= 0.6 is 22.9 Å². The molecule has 18 nitrogen and oxygen atoms in total. The molecule has 8 rings (SSSR count). The molecule has 5 aromatic rings. The van der Waals surface area contributed by atoms with E-state index >= 15 is 0 Å². The molecule has 0 saturated carbocycles. The van der Waals surface area contributed by atoms with Crippen LogP contribution in [0.1, 0.15) is 105 Å². The van der Waals surface area contributed by atoms with Crippen molar-refractivity contribution in [2.75, 3.05) is 19.6 Å². The Hall–Kier alpha value is -7.25. The highest BCUT2D eigenvalue weighted by molar-refractivity contribution is 7.15. The van der Waals surface area contributed by atoms with Crippen LogP contribution in [0.4, 0.5) is 0 Å². The Labute approximate surface area is 445 Å². The first-order valence-electron chi connectivity index (χ1n) is 25.3. The summed E-state index contributed by atoms with van der Waals surface area (Å²) in [5, 5.41) is 27.1. The molecule has 0 bridgehead atoms. The Bertz CT molecular complexity index is 3000. The molecule has 3 aliphatic heterocycles. The van der Waals surface area contributed by atoms with Crippen LogP contribution in [0.5, 0.6) is 0 Å².